The van der Waals surface area contributed by atoms with E-state index < -0.39 is 5.60 Å². The highest BCUT2D eigenvalue weighted by molar-refractivity contribution is 5.99. The molecule has 1 saturated carbocycles. The van der Waals surface area contributed by atoms with E-state index in [0.29, 0.717) is 36.5 Å². The van der Waals surface area contributed by atoms with Gasteiger partial charge in [-0.15, -0.1) is 0 Å². The number of aliphatic hydroxyl groups is 1. The molecule has 1 aliphatic carbocycles. The van der Waals surface area contributed by atoms with E-state index in [1.807, 2.05) is 6.07 Å². The van der Waals surface area contributed by atoms with Gasteiger partial charge in [0.2, 0.25) is 0 Å². The summed E-state index contributed by atoms with van der Waals surface area (Å²) in [5, 5.41) is 9.80. The number of carbonyl (C=O) groups is 1. The first-order valence-corrected chi connectivity index (χ1v) is 7.44. The van der Waals surface area contributed by atoms with Crippen LogP contribution in [-0.2, 0) is 6.54 Å². The van der Waals surface area contributed by atoms with Crippen molar-refractivity contribution < 1.29 is 14.6 Å². The van der Waals surface area contributed by atoms with Crippen molar-refractivity contribution in [2.75, 3.05) is 12.3 Å². The normalized spacial score (nSPS) is 18.0. The predicted molar refractivity (Wildman–Crippen MR) is 80.2 cm³/mol. The van der Waals surface area contributed by atoms with Crippen molar-refractivity contribution in [3.05, 3.63) is 23.3 Å². The van der Waals surface area contributed by atoms with Crippen LogP contribution in [0.3, 0.4) is 0 Å². The summed E-state index contributed by atoms with van der Waals surface area (Å²) in [6.07, 6.45) is 2.92. The number of hydrogen-bond acceptors (Lipinski definition) is 4. The molecular weight excluding hydrogens is 268 g/mol. The summed E-state index contributed by atoms with van der Waals surface area (Å²) in [6, 6.07) is 3.62. The number of carbonyl (C=O) groups excluding carboxylic acids is 1. The third kappa shape index (κ3) is 3.13. The van der Waals surface area contributed by atoms with Crippen molar-refractivity contribution in [1.29, 1.82) is 0 Å². The van der Waals surface area contributed by atoms with Crippen LogP contribution in [0.2, 0.25) is 0 Å². The van der Waals surface area contributed by atoms with Crippen LogP contribution in [0.1, 0.15) is 49.0 Å². The van der Waals surface area contributed by atoms with Gasteiger partial charge >= 0.3 is 0 Å². The number of nitrogens with zero attached hydrogens (tertiary/aromatic N) is 1. The van der Waals surface area contributed by atoms with Crippen molar-refractivity contribution in [3.8, 4) is 5.75 Å². The number of amides is 1. The lowest BCUT2D eigenvalue weighted by Gasteiger charge is -2.22. The molecule has 0 aromatic heterocycles. The van der Waals surface area contributed by atoms with Gasteiger partial charge in [0.05, 0.1) is 17.4 Å². The molecule has 1 amide bonds. The van der Waals surface area contributed by atoms with Crippen molar-refractivity contribution in [2.45, 2.75) is 51.4 Å². The first-order valence-electron chi connectivity index (χ1n) is 7.44. The second kappa shape index (κ2) is 4.91. The highest BCUT2D eigenvalue weighted by Gasteiger charge is 2.31. The minimum atomic E-state index is -0.770. The van der Waals surface area contributed by atoms with Gasteiger partial charge in [0.1, 0.15) is 5.75 Å². The lowest BCUT2D eigenvalue weighted by Crippen LogP contribution is -2.31. The van der Waals surface area contributed by atoms with Crippen LogP contribution in [-0.4, -0.2) is 34.2 Å². The summed E-state index contributed by atoms with van der Waals surface area (Å²) in [4.78, 5) is 14.2. The molecule has 114 valence electrons. The van der Waals surface area contributed by atoms with E-state index in [1.165, 1.54) is 0 Å². The molecule has 1 heterocycles. The third-order valence-electron chi connectivity index (χ3n) is 3.93. The minimum Gasteiger partial charge on any atom is -0.488 e. The Morgan fingerprint density at radius 2 is 2.14 bits per heavy atom. The molecule has 1 fully saturated rings. The zero-order valence-electron chi connectivity index (χ0n) is 12.6. The van der Waals surface area contributed by atoms with Crippen molar-refractivity contribution in [2.24, 2.45) is 0 Å². The molecule has 5 heteroatoms. The number of benzene rings is 1. The molecule has 2 aliphatic rings. The summed E-state index contributed by atoms with van der Waals surface area (Å²) < 4.78 is 5.74. The number of rotatable bonds is 5. The van der Waals surface area contributed by atoms with Gasteiger partial charge in [-0.1, -0.05) is 0 Å². The summed E-state index contributed by atoms with van der Waals surface area (Å²) in [6.45, 7) is 4.59. The van der Waals surface area contributed by atoms with Crippen LogP contribution in [0.5, 0.6) is 5.75 Å². The van der Waals surface area contributed by atoms with Crippen molar-refractivity contribution in [3.63, 3.8) is 0 Å². The molecule has 3 N–H and O–H groups in total. The van der Waals surface area contributed by atoms with Crippen LogP contribution in [0.4, 0.5) is 5.69 Å². The van der Waals surface area contributed by atoms with E-state index in [2.05, 4.69) is 0 Å². The Bertz CT molecular complexity index is 574. The van der Waals surface area contributed by atoms with E-state index in [4.69, 9.17) is 10.5 Å². The Balaban J connectivity index is 1.76. The van der Waals surface area contributed by atoms with Gasteiger partial charge in [0.25, 0.3) is 5.91 Å². The molecule has 21 heavy (non-hydrogen) atoms. The van der Waals surface area contributed by atoms with Gasteiger partial charge in [-0.2, -0.15) is 0 Å². The maximum Gasteiger partial charge on any atom is 0.254 e. The average molecular weight is 290 g/mol. The third-order valence-corrected chi connectivity index (χ3v) is 3.93. The molecule has 1 aromatic rings. The Hall–Kier alpha value is -1.75. The van der Waals surface area contributed by atoms with Crippen LogP contribution >= 0.6 is 0 Å². The lowest BCUT2D eigenvalue weighted by atomic mass is 10.1. The number of nitrogens with two attached hydrogens (primary N) is 1. The van der Waals surface area contributed by atoms with Crippen LogP contribution in [0, 0.1) is 0 Å². The van der Waals surface area contributed by atoms with Gasteiger partial charge < -0.3 is 20.5 Å². The molecule has 5 nitrogen and oxygen atoms in total. The van der Waals surface area contributed by atoms with E-state index in [1.54, 1.807) is 24.8 Å². The molecule has 0 unspecified atom stereocenters. The highest BCUT2D eigenvalue weighted by atomic mass is 16.5. The molecule has 0 saturated heterocycles. The zero-order chi connectivity index (χ0) is 15.2. The van der Waals surface area contributed by atoms with Crippen molar-refractivity contribution in [1.82, 2.24) is 4.90 Å². The summed E-state index contributed by atoms with van der Waals surface area (Å²) in [7, 11) is 0. The average Bonchev–Trinajstić information content (AvgIpc) is 3.14. The fourth-order valence-electron chi connectivity index (χ4n) is 2.48. The SMILES string of the molecule is CC(C)(O)CCN1Cc2cc(N)c(OC3CC3)cc2C1=O. The number of fused-ring (bicyclic) bond motifs is 1. The first kappa shape index (κ1) is 14.2. The number of hydrogen-bond donors (Lipinski definition) is 2. The van der Waals surface area contributed by atoms with Gasteiger partial charge in [-0.05, 0) is 50.8 Å². The summed E-state index contributed by atoms with van der Waals surface area (Å²) in [5.41, 5.74) is 7.45. The quantitative estimate of drug-likeness (QED) is 0.812. The van der Waals surface area contributed by atoms with E-state index >= 15 is 0 Å². The second-order valence-corrected chi connectivity index (χ2v) is 6.65. The smallest absolute Gasteiger partial charge is 0.254 e. The second-order valence-electron chi connectivity index (χ2n) is 6.65. The van der Waals surface area contributed by atoms with Gasteiger partial charge in [0.15, 0.2) is 0 Å². The van der Waals surface area contributed by atoms with Gasteiger partial charge in [0, 0.05) is 18.7 Å². The Morgan fingerprint density at radius 3 is 2.76 bits per heavy atom. The number of nitrogen functional groups attached to an aromatic ring is 1. The van der Waals surface area contributed by atoms with Crippen LogP contribution < -0.4 is 10.5 Å². The molecular formula is C16H22N2O3. The van der Waals surface area contributed by atoms with Crippen LogP contribution in [0.25, 0.3) is 0 Å². The van der Waals surface area contributed by atoms with E-state index in [9.17, 15) is 9.90 Å². The molecule has 0 atom stereocenters. The first-order chi connectivity index (χ1) is 9.83. The Kier molecular flexibility index (Phi) is 3.32. The Labute approximate surface area is 124 Å². The number of anilines is 1. The fraction of sp³-hybridized carbons (Fsp3) is 0.562. The maximum atomic E-state index is 12.4. The summed E-state index contributed by atoms with van der Waals surface area (Å²) >= 11 is 0. The van der Waals surface area contributed by atoms with E-state index in [-0.39, 0.29) is 12.0 Å². The van der Waals surface area contributed by atoms with Crippen LogP contribution in [0.15, 0.2) is 12.1 Å². The summed E-state index contributed by atoms with van der Waals surface area (Å²) in [5.74, 6) is 0.615. The molecule has 1 aliphatic heterocycles. The predicted octanol–water partition coefficient (Wildman–Crippen LogP) is 1.93. The number of ether oxygens (including phenoxy) is 1. The van der Waals surface area contributed by atoms with Crippen molar-refractivity contribution >= 4 is 11.6 Å². The lowest BCUT2D eigenvalue weighted by molar-refractivity contribution is 0.0517. The van der Waals surface area contributed by atoms with Gasteiger partial charge in [-0.3, -0.25) is 4.79 Å². The standard InChI is InChI=1S/C16H22N2O3/c1-16(2,20)5-6-18-9-10-7-13(17)14(21-11-3-4-11)8-12(10)15(18)19/h7-8,11,20H,3-6,9,17H2,1-2H3. The molecule has 3 rings (SSSR count). The topological polar surface area (TPSA) is 75.8 Å². The Morgan fingerprint density at radius 1 is 1.43 bits per heavy atom. The molecule has 1 aromatic carbocycles. The van der Waals surface area contributed by atoms with Gasteiger partial charge in [-0.25, -0.2) is 0 Å². The minimum absolute atomic E-state index is 0.00473. The maximum absolute atomic E-state index is 12.4. The highest BCUT2D eigenvalue weighted by Crippen LogP contribution is 2.35. The monoisotopic (exact) mass is 290 g/mol. The molecule has 0 spiro atoms. The molecule has 0 bridgehead atoms. The largest absolute Gasteiger partial charge is 0.488 e. The van der Waals surface area contributed by atoms with E-state index in [0.717, 1.165) is 18.4 Å². The fourth-order valence-corrected chi connectivity index (χ4v) is 2.48. The zero-order valence-corrected chi connectivity index (χ0v) is 12.6. The molecule has 0 radical (unpaired) electrons.